The first-order valence-corrected chi connectivity index (χ1v) is 26.3. The standard InChI is InChI=1S/C48H41N6O16P3/c55-40-46(34-19-7-1-8-20-34,35-21-9-2-10-22-35)49-43(58)52(40)31-66-71(61,62)69-73(65,68-33-54-42(57)48(51-45(54)60,38-27-15-5-16-28-38)39-29-17-6-18-30-39)70-72(63,64)67-32-53-41(56)47(50-44(53)59,36-23-11-3-12-24-36)37-25-13-4-14-26-37/h1-30H,31-33H2,(H,49,58)(H,50,59)(H,51,60)(H,61,62)(H,63,64). The molecule has 374 valence electrons. The van der Waals surface area contributed by atoms with Gasteiger partial charge in [0.1, 0.15) is 20.2 Å². The van der Waals surface area contributed by atoms with Crippen LogP contribution in [0.3, 0.4) is 0 Å². The van der Waals surface area contributed by atoms with Gasteiger partial charge < -0.3 is 25.7 Å². The Hall–Kier alpha value is -7.45. The summed E-state index contributed by atoms with van der Waals surface area (Å²) in [6.45, 7) is -4.24. The number of amides is 9. The van der Waals surface area contributed by atoms with E-state index in [4.69, 9.17) is 22.2 Å². The summed E-state index contributed by atoms with van der Waals surface area (Å²) in [5, 5.41) is 7.78. The SMILES string of the molecule is O=C1NC(c2ccccc2)(c2ccccc2)C(=O)N1COP(=O)(O)OP(=O)(OCN1C(=O)NC(c2ccccc2)(c2ccccc2)C1=O)OP(=O)(O)OCN1C(=O)NC(c2ccccc2)(c2ccccc2)C1=O. The van der Waals surface area contributed by atoms with Crippen molar-refractivity contribution in [2.75, 3.05) is 20.2 Å². The lowest BCUT2D eigenvalue weighted by Gasteiger charge is -2.28. The van der Waals surface area contributed by atoms with Crippen LogP contribution in [0.1, 0.15) is 33.4 Å². The average molecular weight is 1050 g/mol. The van der Waals surface area contributed by atoms with Crippen molar-refractivity contribution in [1.29, 1.82) is 0 Å². The van der Waals surface area contributed by atoms with E-state index in [0.29, 0.717) is 37.0 Å². The summed E-state index contributed by atoms with van der Waals surface area (Å²) in [6, 6.07) is 44.4. The lowest BCUT2D eigenvalue weighted by atomic mass is 9.83. The van der Waals surface area contributed by atoms with Crippen molar-refractivity contribution < 1.29 is 74.4 Å². The molecule has 0 saturated carbocycles. The van der Waals surface area contributed by atoms with E-state index in [1.54, 1.807) is 158 Å². The molecular formula is C48H41N6O16P3. The first-order valence-electron chi connectivity index (χ1n) is 21.8. The minimum absolute atomic E-state index is 0.257. The minimum atomic E-state index is -6.24. The number of urea groups is 3. The smallest absolute Gasteiger partial charge is 0.315 e. The lowest BCUT2D eigenvalue weighted by molar-refractivity contribution is -0.133. The number of benzene rings is 6. The molecule has 73 heavy (non-hydrogen) atoms. The van der Waals surface area contributed by atoms with Crippen molar-refractivity contribution in [3.05, 3.63) is 215 Å². The summed E-state index contributed by atoms with van der Waals surface area (Å²) in [5.41, 5.74) is -4.01. The lowest BCUT2D eigenvalue weighted by Crippen LogP contribution is -2.45. The molecule has 3 aliphatic rings. The highest BCUT2D eigenvalue weighted by atomic mass is 31.3. The van der Waals surface area contributed by atoms with E-state index in [1.165, 1.54) is 24.3 Å². The van der Waals surface area contributed by atoms with Gasteiger partial charge in [-0.3, -0.25) is 28.0 Å². The normalized spacial score (nSPS) is 19.4. The van der Waals surface area contributed by atoms with Crippen LogP contribution in [0, 0.1) is 0 Å². The van der Waals surface area contributed by atoms with Crippen LogP contribution in [0.2, 0.25) is 0 Å². The molecule has 2 atom stereocenters. The number of hydrogen-bond acceptors (Lipinski definition) is 14. The highest BCUT2D eigenvalue weighted by Crippen LogP contribution is 2.70. The highest BCUT2D eigenvalue weighted by Gasteiger charge is 2.58. The molecule has 0 bridgehead atoms. The van der Waals surface area contributed by atoms with Crippen LogP contribution >= 0.6 is 23.5 Å². The van der Waals surface area contributed by atoms with E-state index < -0.39 is 96.1 Å². The van der Waals surface area contributed by atoms with Gasteiger partial charge in [0, 0.05) is 0 Å². The van der Waals surface area contributed by atoms with E-state index in [2.05, 4.69) is 16.0 Å². The average Bonchev–Trinajstić information content (AvgIpc) is 3.93. The van der Waals surface area contributed by atoms with Crippen LogP contribution in [0.4, 0.5) is 14.4 Å². The van der Waals surface area contributed by atoms with Gasteiger partial charge in [-0.15, -0.1) is 0 Å². The molecule has 3 heterocycles. The Kier molecular flexibility index (Phi) is 13.7. The van der Waals surface area contributed by atoms with Crippen molar-refractivity contribution in [1.82, 2.24) is 30.7 Å². The third kappa shape index (κ3) is 9.44. The molecule has 22 nitrogen and oxygen atoms in total. The quantitative estimate of drug-likeness (QED) is 0.0415. The maximum atomic E-state index is 14.6. The van der Waals surface area contributed by atoms with Crippen LogP contribution in [0.15, 0.2) is 182 Å². The van der Waals surface area contributed by atoms with E-state index in [0.717, 1.165) is 0 Å². The van der Waals surface area contributed by atoms with E-state index >= 15 is 0 Å². The largest absolute Gasteiger partial charge is 0.494 e. The molecule has 0 aromatic heterocycles. The summed E-state index contributed by atoms with van der Waals surface area (Å²) in [5.74, 6) is -3.05. The van der Waals surface area contributed by atoms with Gasteiger partial charge >= 0.3 is 41.6 Å². The predicted octanol–water partition coefficient (Wildman–Crippen LogP) is 6.74. The van der Waals surface area contributed by atoms with Crippen LogP contribution < -0.4 is 16.0 Å². The molecule has 0 aliphatic carbocycles. The first-order chi connectivity index (χ1) is 34.9. The molecule has 3 saturated heterocycles. The van der Waals surface area contributed by atoms with Gasteiger partial charge in [-0.25, -0.2) is 42.8 Å². The fraction of sp³-hybridized carbons (Fsp3) is 0.125. The summed E-state index contributed by atoms with van der Waals surface area (Å²) in [4.78, 5) is 107. The summed E-state index contributed by atoms with van der Waals surface area (Å²) in [6.07, 6.45) is 0. The second-order valence-electron chi connectivity index (χ2n) is 16.3. The van der Waals surface area contributed by atoms with Gasteiger partial charge in [-0.05, 0) is 33.4 Å². The first kappa shape index (κ1) is 50.5. The highest BCUT2D eigenvalue weighted by molar-refractivity contribution is 7.67. The molecule has 9 rings (SSSR count). The summed E-state index contributed by atoms with van der Waals surface area (Å²) >= 11 is 0. The number of nitrogens with zero attached hydrogens (tertiary/aromatic N) is 3. The number of carbonyl (C=O) groups is 6. The van der Waals surface area contributed by atoms with Gasteiger partial charge in [-0.1, -0.05) is 182 Å². The monoisotopic (exact) mass is 1050 g/mol. The molecule has 6 aromatic carbocycles. The Morgan fingerprint density at radius 1 is 0.356 bits per heavy atom. The topological polar surface area (TPSA) is 286 Å². The maximum Gasteiger partial charge on any atom is 0.494 e. The second kappa shape index (κ2) is 19.9. The van der Waals surface area contributed by atoms with E-state index in [9.17, 15) is 52.2 Å². The molecule has 5 N–H and O–H groups in total. The van der Waals surface area contributed by atoms with Gasteiger partial charge in [-0.2, -0.15) is 8.62 Å². The fourth-order valence-electron chi connectivity index (χ4n) is 8.63. The van der Waals surface area contributed by atoms with Gasteiger partial charge in [0.05, 0.1) is 0 Å². The van der Waals surface area contributed by atoms with Crippen molar-refractivity contribution >= 4 is 59.3 Å². The molecule has 3 aliphatic heterocycles. The van der Waals surface area contributed by atoms with Crippen LogP contribution in [0.5, 0.6) is 0 Å². The number of imide groups is 3. The predicted molar refractivity (Wildman–Crippen MR) is 254 cm³/mol. The third-order valence-corrected chi connectivity index (χ3v) is 16.6. The molecule has 9 amide bonds. The molecule has 0 spiro atoms. The number of rotatable bonds is 19. The Morgan fingerprint density at radius 3 is 0.781 bits per heavy atom. The van der Waals surface area contributed by atoms with Gasteiger partial charge in [0.2, 0.25) is 0 Å². The summed E-state index contributed by atoms with van der Waals surface area (Å²) < 4.78 is 67.1. The summed E-state index contributed by atoms with van der Waals surface area (Å²) in [7, 11) is -18.4. The van der Waals surface area contributed by atoms with E-state index in [1.807, 2.05) is 0 Å². The molecule has 6 aromatic rings. The number of phosphoric acid groups is 3. The van der Waals surface area contributed by atoms with Crippen molar-refractivity contribution in [3.8, 4) is 0 Å². The fourth-order valence-corrected chi connectivity index (χ4v) is 12.6. The Balaban J connectivity index is 0.987. The van der Waals surface area contributed by atoms with Gasteiger partial charge in [0.25, 0.3) is 17.7 Å². The van der Waals surface area contributed by atoms with Gasteiger partial charge in [0.15, 0.2) is 16.6 Å². The number of carbonyl (C=O) groups excluding carboxylic acids is 6. The Labute approximate surface area is 415 Å². The van der Waals surface area contributed by atoms with Crippen molar-refractivity contribution in [2.45, 2.75) is 16.6 Å². The molecule has 2 unspecified atom stereocenters. The van der Waals surface area contributed by atoms with Crippen LogP contribution in [-0.2, 0) is 66.9 Å². The minimum Gasteiger partial charge on any atom is -0.315 e. The second-order valence-corrected chi connectivity index (χ2v) is 21.1. The maximum absolute atomic E-state index is 14.6. The zero-order valence-corrected chi connectivity index (χ0v) is 40.4. The molecule has 3 fully saturated rings. The third-order valence-electron chi connectivity index (χ3n) is 12.0. The molecule has 0 radical (unpaired) electrons. The number of phosphoric ester groups is 2. The number of hydrogen-bond donors (Lipinski definition) is 5. The number of nitrogens with one attached hydrogen (secondary N) is 3. The Bertz CT molecular complexity index is 2970. The molecule has 25 heteroatoms. The van der Waals surface area contributed by atoms with E-state index in [-0.39, 0.29) is 11.1 Å². The van der Waals surface area contributed by atoms with Crippen molar-refractivity contribution in [2.24, 2.45) is 0 Å². The van der Waals surface area contributed by atoms with Crippen molar-refractivity contribution in [3.63, 3.8) is 0 Å². The van der Waals surface area contributed by atoms with Crippen LogP contribution in [0.25, 0.3) is 0 Å². The zero-order valence-electron chi connectivity index (χ0n) is 37.7. The Morgan fingerprint density at radius 2 is 0.562 bits per heavy atom. The zero-order chi connectivity index (χ0) is 51.7. The van der Waals surface area contributed by atoms with Crippen LogP contribution in [-0.4, -0.2) is 80.5 Å². The molecular weight excluding hydrogens is 1010 g/mol.